The molecule has 0 saturated heterocycles. The number of anilines is 1. The predicted octanol–water partition coefficient (Wildman–Crippen LogP) is 2.36. The number of ether oxygens (including phenoxy) is 1. The Morgan fingerprint density at radius 1 is 1.43 bits per heavy atom. The van der Waals surface area contributed by atoms with Gasteiger partial charge in [-0.25, -0.2) is 13.2 Å². The van der Waals surface area contributed by atoms with Gasteiger partial charge in [-0.15, -0.1) is 0 Å². The predicted molar refractivity (Wildman–Crippen MR) is 86.2 cm³/mol. The largest absolute Gasteiger partial charge is 0.462 e. The maximum absolute atomic E-state index is 12.5. The van der Waals surface area contributed by atoms with Crippen molar-refractivity contribution in [3.8, 4) is 0 Å². The first-order valence-electron chi connectivity index (χ1n) is 6.75. The molecule has 23 heavy (non-hydrogen) atoms. The molecule has 2 aromatic rings. The van der Waals surface area contributed by atoms with Crippen molar-refractivity contribution in [2.75, 3.05) is 11.3 Å². The maximum Gasteiger partial charge on any atom is 0.338 e. The Kier molecular flexibility index (Phi) is 4.96. The van der Waals surface area contributed by atoms with Crippen LogP contribution in [0.15, 0.2) is 29.2 Å². The van der Waals surface area contributed by atoms with Crippen LogP contribution >= 0.6 is 11.6 Å². The highest BCUT2D eigenvalue weighted by molar-refractivity contribution is 7.92. The minimum atomic E-state index is -3.93. The molecular weight excluding hydrogens is 342 g/mol. The molecule has 0 aliphatic rings. The molecule has 0 saturated carbocycles. The molecule has 0 aliphatic heterocycles. The fourth-order valence-electron chi connectivity index (χ4n) is 2.05. The van der Waals surface area contributed by atoms with Crippen molar-refractivity contribution < 1.29 is 17.9 Å². The van der Waals surface area contributed by atoms with Gasteiger partial charge in [-0.05, 0) is 32.0 Å². The molecule has 0 atom stereocenters. The Balaban J connectivity index is 2.34. The average molecular weight is 358 g/mol. The van der Waals surface area contributed by atoms with Gasteiger partial charge in [-0.2, -0.15) is 5.10 Å². The first-order chi connectivity index (χ1) is 10.8. The Bertz CT molecular complexity index is 846. The summed E-state index contributed by atoms with van der Waals surface area (Å²) in [4.78, 5) is 11.6. The molecule has 2 rings (SSSR count). The fraction of sp³-hybridized carbons (Fsp3) is 0.286. The van der Waals surface area contributed by atoms with Gasteiger partial charge in [-0.3, -0.25) is 9.40 Å². The number of hydrogen-bond acceptors (Lipinski definition) is 5. The normalized spacial score (nSPS) is 11.3. The summed E-state index contributed by atoms with van der Waals surface area (Å²) < 4.78 is 33.6. The van der Waals surface area contributed by atoms with Crippen LogP contribution in [0.4, 0.5) is 5.69 Å². The second-order valence-corrected chi connectivity index (χ2v) is 6.71. The topological polar surface area (TPSA) is 90.3 Å². The lowest BCUT2D eigenvalue weighted by atomic mass is 10.2. The molecule has 1 aromatic heterocycles. The zero-order valence-corrected chi connectivity index (χ0v) is 14.4. The Hall–Kier alpha value is -2.06. The van der Waals surface area contributed by atoms with E-state index in [-0.39, 0.29) is 33.6 Å². The summed E-state index contributed by atoms with van der Waals surface area (Å²) in [7, 11) is -2.37. The summed E-state index contributed by atoms with van der Waals surface area (Å²) in [5.41, 5.74) is 0.766. The van der Waals surface area contributed by atoms with Crippen molar-refractivity contribution in [3.63, 3.8) is 0 Å². The highest BCUT2D eigenvalue weighted by Crippen LogP contribution is 2.26. The van der Waals surface area contributed by atoms with Gasteiger partial charge in [0.2, 0.25) is 0 Å². The lowest BCUT2D eigenvalue weighted by Crippen LogP contribution is -2.14. The van der Waals surface area contributed by atoms with E-state index in [0.717, 1.165) is 0 Å². The third-order valence-electron chi connectivity index (χ3n) is 2.99. The summed E-state index contributed by atoms with van der Waals surface area (Å²) in [6.07, 6.45) is 0. The SMILES string of the molecule is CCOC(=O)c1cccc(NS(=O)(=O)c2c(C)nn(C)c2Cl)c1. The summed E-state index contributed by atoms with van der Waals surface area (Å²) >= 11 is 5.99. The molecule has 9 heteroatoms. The van der Waals surface area contributed by atoms with Crippen molar-refractivity contribution in [1.82, 2.24) is 9.78 Å². The standard InChI is InChI=1S/C14H16ClN3O4S/c1-4-22-14(19)10-6-5-7-11(8-10)17-23(20,21)12-9(2)16-18(3)13(12)15/h5-8,17H,4H2,1-3H3. The van der Waals surface area contributed by atoms with E-state index in [1.807, 2.05) is 0 Å². The minimum absolute atomic E-state index is 0.0107. The minimum Gasteiger partial charge on any atom is -0.462 e. The average Bonchev–Trinajstić information content (AvgIpc) is 2.72. The third-order valence-corrected chi connectivity index (χ3v) is 5.07. The first kappa shape index (κ1) is 17.3. The number of aryl methyl sites for hydroxylation is 2. The van der Waals surface area contributed by atoms with Crippen LogP contribution in [0.1, 0.15) is 23.0 Å². The van der Waals surface area contributed by atoms with E-state index in [9.17, 15) is 13.2 Å². The number of aromatic nitrogens is 2. The number of benzene rings is 1. The molecule has 0 unspecified atom stereocenters. The monoisotopic (exact) mass is 357 g/mol. The number of rotatable bonds is 5. The van der Waals surface area contributed by atoms with E-state index in [1.165, 1.54) is 22.9 Å². The molecule has 124 valence electrons. The number of nitrogens with zero attached hydrogens (tertiary/aromatic N) is 2. The zero-order chi connectivity index (χ0) is 17.2. The quantitative estimate of drug-likeness (QED) is 0.829. The number of nitrogens with one attached hydrogen (secondary N) is 1. The molecule has 0 fully saturated rings. The molecule has 1 aromatic carbocycles. The van der Waals surface area contributed by atoms with Gasteiger partial charge in [0.1, 0.15) is 10.0 Å². The van der Waals surface area contributed by atoms with Crippen LogP contribution in [0.5, 0.6) is 0 Å². The summed E-state index contributed by atoms with van der Waals surface area (Å²) in [5.74, 6) is -0.524. The van der Waals surface area contributed by atoms with E-state index in [2.05, 4.69) is 9.82 Å². The molecule has 7 nitrogen and oxygen atoms in total. The van der Waals surface area contributed by atoms with E-state index in [4.69, 9.17) is 16.3 Å². The number of hydrogen-bond donors (Lipinski definition) is 1. The molecule has 0 amide bonds. The van der Waals surface area contributed by atoms with Gasteiger partial charge in [0.05, 0.1) is 17.9 Å². The second-order valence-electron chi connectivity index (χ2n) is 4.74. The molecule has 1 N–H and O–H groups in total. The number of carbonyl (C=O) groups is 1. The molecule has 0 radical (unpaired) electrons. The first-order valence-corrected chi connectivity index (χ1v) is 8.61. The molecule has 0 bridgehead atoms. The summed E-state index contributed by atoms with van der Waals surface area (Å²) in [6.45, 7) is 3.48. The van der Waals surface area contributed by atoms with Gasteiger partial charge in [0.25, 0.3) is 10.0 Å². The van der Waals surface area contributed by atoms with Crippen LogP contribution < -0.4 is 4.72 Å². The highest BCUT2D eigenvalue weighted by atomic mass is 35.5. The van der Waals surface area contributed by atoms with Crippen LogP contribution in [0.25, 0.3) is 0 Å². The zero-order valence-electron chi connectivity index (χ0n) is 12.8. The van der Waals surface area contributed by atoms with Crippen LogP contribution in [0.2, 0.25) is 5.15 Å². The Labute approximate surface area is 139 Å². The fourth-order valence-corrected chi connectivity index (χ4v) is 3.85. The number of sulfonamides is 1. The van der Waals surface area contributed by atoms with Crippen LogP contribution in [-0.2, 0) is 21.8 Å². The summed E-state index contributed by atoms with van der Waals surface area (Å²) in [6, 6.07) is 6.02. The Morgan fingerprint density at radius 3 is 2.70 bits per heavy atom. The maximum atomic E-state index is 12.5. The third kappa shape index (κ3) is 3.65. The molecule has 1 heterocycles. The van der Waals surface area contributed by atoms with E-state index in [0.29, 0.717) is 0 Å². The van der Waals surface area contributed by atoms with Crippen LogP contribution in [0, 0.1) is 6.92 Å². The second kappa shape index (κ2) is 6.59. The van der Waals surface area contributed by atoms with Crippen molar-refractivity contribution in [2.45, 2.75) is 18.7 Å². The van der Waals surface area contributed by atoms with Gasteiger partial charge < -0.3 is 4.74 Å². The van der Waals surface area contributed by atoms with Crippen molar-refractivity contribution in [2.24, 2.45) is 7.05 Å². The van der Waals surface area contributed by atoms with Gasteiger partial charge >= 0.3 is 5.97 Å². The van der Waals surface area contributed by atoms with Crippen LogP contribution in [-0.4, -0.2) is 30.8 Å². The number of esters is 1. The molecular formula is C14H16ClN3O4S. The highest BCUT2D eigenvalue weighted by Gasteiger charge is 2.25. The summed E-state index contributed by atoms with van der Waals surface area (Å²) in [5, 5.41) is 3.99. The van der Waals surface area contributed by atoms with Crippen molar-refractivity contribution in [1.29, 1.82) is 0 Å². The number of halogens is 1. The number of carbonyl (C=O) groups excluding carboxylic acids is 1. The van der Waals surface area contributed by atoms with E-state index in [1.54, 1.807) is 27.0 Å². The van der Waals surface area contributed by atoms with Crippen molar-refractivity contribution >= 4 is 33.3 Å². The molecule has 0 aliphatic carbocycles. The molecule has 0 spiro atoms. The van der Waals surface area contributed by atoms with Gasteiger partial charge in [-0.1, -0.05) is 17.7 Å². The lowest BCUT2D eigenvalue weighted by Gasteiger charge is -2.09. The van der Waals surface area contributed by atoms with E-state index >= 15 is 0 Å². The Morgan fingerprint density at radius 2 is 2.13 bits per heavy atom. The lowest BCUT2D eigenvalue weighted by molar-refractivity contribution is 0.0526. The van der Waals surface area contributed by atoms with Gasteiger partial charge in [0.15, 0.2) is 0 Å². The van der Waals surface area contributed by atoms with Gasteiger partial charge in [0, 0.05) is 12.7 Å². The van der Waals surface area contributed by atoms with Crippen LogP contribution in [0.3, 0.4) is 0 Å². The van der Waals surface area contributed by atoms with E-state index < -0.39 is 16.0 Å². The smallest absolute Gasteiger partial charge is 0.338 e. The van der Waals surface area contributed by atoms with Crippen molar-refractivity contribution in [3.05, 3.63) is 40.7 Å².